The van der Waals surface area contributed by atoms with Gasteiger partial charge in [-0.1, -0.05) is 23.3 Å². The summed E-state index contributed by atoms with van der Waals surface area (Å²) in [7, 11) is -4.44. The van der Waals surface area contributed by atoms with E-state index >= 15 is 4.39 Å². The molecule has 208 valence electrons. The number of esters is 1. The van der Waals surface area contributed by atoms with Crippen molar-refractivity contribution in [3.05, 3.63) is 64.0 Å². The first-order valence-corrected chi connectivity index (χ1v) is 14.2. The fourth-order valence-corrected chi connectivity index (χ4v) is 6.42. The van der Waals surface area contributed by atoms with Gasteiger partial charge in [-0.05, 0) is 43.0 Å². The van der Waals surface area contributed by atoms with Gasteiger partial charge in [0.05, 0.1) is 29.1 Å². The maximum absolute atomic E-state index is 15.5. The van der Waals surface area contributed by atoms with E-state index in [4.69, 9.17) is 24.3 Å². The third-order valence-electron chi connectivity index (χ3n) is 5.82. The van der Waals surface area contributed by atoms with Gasteiger partial charge in [-0.2, -0.15) is 5.09 Å². The number of nitrogen functional groups attached to an aromatic ring is 1. The second-order valence-electron chi connectivity index (χ2n) is 8.51. The minimum Gasteiger partial charge on any atom is -0.465 e. The monoisotopic (exact) mass is 580 g/mol. The van der Waals surface area contributed by atoms with Crippen LogP contribution in [0.4, 0.5) is 10.1 Å². The van der Waals surface area contributed by atoms with E-state index < -0.39 is 50.5 Å². The lowest BCUT2D eigenvalue weighted by atomic mass is 10.0. The number of nitrogens with two attached hydrogens (primary N) is 1. The predicted octanol–water partition coefficient (Wildman–Crippen LogP) is 4.40. The maximum atomic E-state index is 15.5. The predicted molar refractivity (Wildman–Crippen MR) is 140 cm³/mol. The molecule has 16 heteroatoms. The van der Waals surface area contributed by atoms with Gasteiger partial charge in [0.15, 0.2) is 11.9 Å². The van der Waals surface area contributed by atoms with Crippen molar-refractivity contribution in [2.24, 2.45) is 5.11 Å². The van der Waals surface area contributed by atoms with Gasteiger partial charge in [-0.25, -0.2) is 8.96 Å². The second-order valence-corrected chi connectivity index (χ2v) is 11.1. The maximum Gasteiger partial charge on any atom is 0.459 e. The lowest BCUT2D eigenvalue weighted by Gasteiger charge is -2.29. The van der Waals surface area contributed by atoms with Crippen LogP contribution in [0.25, 0.3) is 20.7 Å². The number of nitrogens with zero attached hydrogens (tertiary/aromatic N) is 4. The van der Waals surface area contributed by atoms with Crippen LogP contribution in [0.2, 0.25) is 0 Å². The summed E-state index contributed by atoms with van der Waals surface area (Å²) in [6, 6.07) is 8.35. The lowest BCUT2D eigenvalue weighted by molar-refractivity contribution is -0.144. The molecule has 39 heavy (non-hydrogen) atoms. The first-order chi connectivity index (χ1) is 18.6. The number of carbonyl (C=O) groups excluding carboxylic acids is 1. The number of nitrogens with one attached hydrogen (secondary N) is 1. The van der Waals surface area contributed by atoms with Gasteiger partial charge in [-0.3, -0.25) is 14.3 Å². The molecule has 4 rings (SSSR count). The highest BCUT2D eigenvalue weighted by atomic mass is 32.1. The molecule has 1 saturated heterocycles. The molecule has 3 aromatic rings. The highest BCUT2D eigenvalue weighted by molar-refractivity contribution is 7.52. The van der Waals surface area contributed by atoms with Crippen LogP contribution in [0.5, 0.6) is 5.75 Å². The number of para-hydroxylation sites is 1. The van der Waals surface area contributed by atoms with Gasteiger partial charge in [-0.15, -0.1) is 11.3 Å². The van der Waals surface area contributed by atoms with E-state index in [2.05, 4.69) is 20.1 Å². The summed E-state index contributed by atoms with van der Waals surface area (Å²) in [5.41, 5.74) is 14.0. The number of fused-ring (bicyclic) bond motifs is 1. The number of thiophene rings is 1. The summed E-state index contributed by atoms with van der Waals surface area (Å²) in [6.45, 7) is 2.15. The standard InChI is InChI=1S/C23H26FN6O7PS/c1-3-34-22(32)13(2)28-38(33,37-14-7-5-4-6-8-14)35-12-23(29-30-26)21(31)17(24)19(36-23)15-11-39-20-16(25)9-10-27-18(15)20/h4-11,13,17,19,21,31H,3,12H2,1-2H3,(H2,25,27)(H,28,33)/t13-,17-,19-,21-,23+,38?/m0/s1. The van der Waals surface area contributed by atoms with Gasteiger partial charge in [0.2, 0.25) is 0 Å². The molecule has 0 saturated carbocycles. The van der Waals surface area contributed by atoms with E-state index in [9.17, 15) is 20.0 Å². The van der Waals surface area contributed by atoms with Gasteiger partial charge in [0.1, 0.15) is 24.0 Å². The Bertz CT molecular complexity index is 1420. The van der Waals surface area contributed by atoms with Crippen molar-refractivity contribution in [2.75, 3.05) is 18.9 Å². The zero-order chi connectivity index (χ0) is 28.2. The third-order valence-corrected chi connectivity index (χ3v) is 8.48. The van der Waals surface area contributed by atoms with Crippen molar-refractivity contribution in [2.45, 2.75) is 44.0 Å². The molecule has 1 fully saturated rings. The van der Waals surface area contributed by atoms with Crippen LogP contribution in [0, 0.1) is 0 Å². The number of benzene rings is 1. The summed E-state index contributed by atoms with van der Waals surface area (Å²) in [5, 5.41) is 18.4. The molecule has 0 bridgehead atoms. The van der Waals surface area contributed by atoms with Crippen molar-refractivity contribution >= 4 is 41.0 Å². The third kappa shape index (κ3) is 5.99. The molecule has 0 amide bonds. The van der Waals surface area contributed by atoms with Crippen molar-refractivity contribution in [1.82, 2.24) is 10.1 Å². The number of aliphatic hydroxyl groups excluding tert-OH is 1. The van der Waals surface area contributed by atoms with E-state index in [1.54, 1.807) is 36.6 Å². The number of halogens is 1. The summed E-state index contributed by atoms with van der Waals surface area (Å²) >= 11 is 1.21. The number of hydrogen-bond acceptors (Lipinski definition) is 11. The van der Waals surface area contributed by atoms with Crippen molar-refractivity contribution in [3.8, 4) is 5.75 Å². The van der Waals surface area contributed by atoms with Gasteiger partial charge in [0, 0.05) is 16.7 Å². The normalized spacial score (nSPS) is 25.0. The number of aromatic nitrogens is 1. The molecule has 0 spiro atoms. The fourth-order valence-electron chi connectivity index (χ4n) is 3.93. The lowest BCUT2D eigenvalue weighted by Crippen LogP contribution is -2.45. The fraction of sp³-hybridized carbons (Fsp3) is 0.391. The Hall–Kier alpha value is -3.29. The molecule has 13 nitrogen and oxygen atoms in total. The van der Waals surface area contributed by atoms with Crippen LogP contribution >= 0.6 is 19.1 Å². The number of rotatable bonds is 11. The number of azide groups is 1. The van der Waals surface area contributed by atoms with Crippen LogP contribution < -0.4 is 15.3 Å². The van der Waals surface area contributed by atoms with Crippen molar-refractivity contribution in [1.29, 1.82) is 0 Å². The molecule has 6 atom stereocenters. The Balaban J connectivity index is 1.63. The molecule has 1 unspecified atom stereocenters. The van der Waals surface area contributed by atoms with Gasteiger partial charge < -0.3 is 24.8 Å². The van der Waals surface area contributed by atoms with Crippen LogP contribution in [-0.2, 0) is 23.4 Å². The topological polar surface area (TPSA) is 191 Å². The Morgan fingerprint density at radius 1 is 1.44 bits per heavy atom. The number of ether oxygens (including phenoxy) is 2. The van der Waals surface area contributed by atoms with E-state index in [1.807, 2.05) is 0 Å². The number of carbonyl (C=O) groups is 1. The van der Waals surface area contributed by atoms with Crippen molar-refractivity contribution in [3.63, 3.8) is 0 Å². The SMILES string of the molecule is CCOC(=O)[C@H](C)NP(=O)(OC[C@@]1(N=[N+]=[N-])O[C@@H](c2csc3c(N)ccnc23)[C@H](F)[C@@H]1O)Oc1ccccc1. The molecule has 1 aromatic carbocycles. The zero-order valence-corrected chi connectivity index (χ0v) is 22.5. The van der Waals surface area contributed by atoms with Gasteiger partial charge >= 0.3 is 13.7 Å². The average molecular weight is 581 g/mol. The molecule has 1 aliphatic heterocycles. The summed E-state index contributed by atoms with van der Waals surface area (Å²) in [6.07, 6.45) is -4.08. The first kappa shape index (κ1) is 28.7. The van der Waals surface area contributed by atoms with E-state index in [0.717, 1.165) is 0 Å². The Morgan fingerprint density at radius 3 is 2.87 bits per heavy atom. The molecule has 2 aromatic heterocycles. The smallest absolute Gasteiger partial charge is 0.459 e. The average Bonchev–Trinajstić information content (AvgIpc) is 3.44. The van der Waals surface area contributed by atoms with Crippen LogP contribution in [0.15, 0.2) is 53.1 Å². The molecule has 0 aliphatic carbocycles. The molecule has 0 radical (unpaired) electrons. The Morgan fingerprint density at radius 2 is 2.18 bits per heavy atom. The molecule has 4 N–H and O–H groups in total. The highest BCUT2D eigenvalue weighted by Gasteiger charge is 2.57. The van der Waals surface area contributed by atoms with E-state index in [1.165, 1.54) is 36.6 Å². The number of aliphatic hydroxyl groups is 1. The van der Waals surface area contributed by atoms with Crippen LogP contribution in [0.3, 0.4) is 0 Å². The summed E-state index contributed by atoms with van der Waals surface area (Å²) in [4.78, 5) is 19.1. The Kier molecular flexibility index (Phi) is 8.72. The van der Waals surface area contributed by atoms with Crippen LogP contribution in [0.1, 0.15) is 25.5 Å². The van der Waals surface area contributed by atoms with Crippen LogP contribution in [-0.4, -0.2) is 53.3 Å². The summed E-state index contributed by atoms with van der Waals surface area (Å²) in [5.74, 6) is -0.621. The highest BCUT2D eigenvalue weighted by Crippen LogP contribution is 2.50. The summed E-state index contributed by atoms with van der Waals surface area (Å²) < 4.78 is 51.7. The van der Waals surface area contributed by atoms with Gasteiger partial charge in [0.25, 0.3) is 0 Å². The minimum atomic E-state index is -4.44. The second kappa shape index (κ2) is 11.8. The quantitative estimate of drug-likeness (QED) is 0.0963. The molecular formula is C23H26FN6O7PS. The number of anilines is 1. The van der Waals surface area contributed by atoms with E-state index in [0.29, 0.717) is 15.9 Å². The number of alkyl halides is 1. The number of pyridine rings is 1. The zero-order valence-electron chi connectivity index (χ0n) is 20.8. The molecular weight excluding hydrogens is 554 g/mol. The largest absolute Gasteiger partial charge is 0.465 e. The minimum absolute atomic E-state index is 0.0760. The van der Waals surface area contributed by atoms with E-state index in [-0.39, 0.29) is 17.9 Å². The molecule has 1 aliphatic rings. The first-order valence-electron chi connectivity index (χ1n) is 11.7. The number of hydrogen-bond donors (Lipinski definition) is 3. The molecule has 3 heterocycles. The van der Waals surface area contributed by atoms with Crippen molar-refractivity contribution < 1.29 is 37.4 Å². The Labute approximate surface area is 226 Å².